The molecule has 1 aromatic heterocycles. The van der Waals surface area contributed by atoms with Crippen molar-refractivity contribution in [3.8, 4) is 0 Å². The molecule has 0 aliphatic carbocycles. The summed E-state index contributed by atoms with van der Waals surface area (Å²) in [5.74, 6) is 1.69. The standard InChI is InChI=1S/C15H26N4O/c1-4-12(2)10-18(3)15(20)16-9-13-11-19-8-6-5-7-14(19)17-13/h11-12H,4-10H2,1-3H3,(H,16,20)/t12-/m0/s1. The molecular formula is C15H26N4O. The molecule has 1 atom stereocenters. The quantitative estimate of drug-likeness (QED) is 0.899. The number of aryl methyl sites for hydroxylation is 2. The first kappa shape index (κ1) is 14.9. The summed E-state index contributed by atoms with van der Waals surface area (Å²) in [5, 5.41) is 2.95. The molecule has 5 nitrogen and oxygen atoms in total. The molecule has 0 saturated carbocycles. The van der Waals surface area contributed by atoms with E-state index < -0.39 is 0 Å². The molecule has 5 heteroatoms. The van der Waals surface area contributed by atoms with Gasteiger partial charge in [0.1, 0.15) is 5.82 Å². The lowest BCUT2D eigenvalue weighted by Crippen LogP contribution is -2.39. The number of imidazole rings is 1. The van der Waals surface area contributed by atoms with Crippen molar-refractivity contribution < 1.29 is 4.79 Å². The van der Waals surface area contributed by atoms with Crippen molar-refractivity contribution in [2.75, 3.05) is 13.6 Å². The van der Waals surface area contributed by atoms with Gasteiger partial charge in [0.2, 0.25) is 0 Å². The van der Waals surface area contributed by atoms with Crippen LogP contribution in [0, 0.1) is 5.92 Å². The van der Waals surface area contributed by atoms with Crippen molar-refractivity contribution in [2.45, 2.75) is 52.6 Å². The predicted molar refractivity (Wildman–Crippen MR) is 79.5 cm³/mol. The highest BCUT2D eigenvalue weighted by atomic mass is 16.2. The molecule has 1 N–H and O–H groups in total. The van der Waals surface area contributed by atoms with E-state index in [1.165, 1.54) is 12.8 Å². The molecule has 112 valence electrons. The minimum Gasteiger partial charge on any atom is -0.335 e. The van der Waals surface area contributed by atoms with Crippen LogP contribution in [-0.4, -0.2) is 34.1 Å². The maximum absolute atomic E-state index is 12.0. The van der Waals surface area contributed by atoms with Gasteiger partial charge >= 0.3 is 6.03 Å². The molecule has 0 bridgehead atoms. The van der Waals surface area contributed by atoms with Crippen LogP contribution in [0.3, 0.4) is 0 Å². The third-order valence-corrected chi connectivity index (χ3v) is 4.01. The second-order valence-corrected chi connectivity index (χ2v) is 5.85. The number of urea groups is 1. The van der Waals surface area contributed by atoms with Gasteiger partial charge in [0.15, 0.2) is 0 Å². The minimum atomic E-state index is -0.0173. The van der Waals surface area contributed by atoms with Gasteiger partial charge < -0.3 is 14.8 Å². The zero-order chi connectivity index (χ0) is 14.5. The zero-order valence-corrected chi connectivity index (χ0v) is 12.9. The van der Waals surface area contributed by atoms with E-state index >= 15 is 0 Å². The number of amides is 2. The number of hydrogen-bond acceptors (Lipinski definition) is 2. The van der Waals surface area contributed by atoms with Gasteiger partial charge in [-0.25, -0.2) is 9.78 Å². The Bertz CT molecular complexity index is 431. The van der Waals surface area contributed by atoms with Crippen molar-refractivity contribution in [2.24, 2.45) is 5.92 Å². The molecule has 0 fully saturated rings. The van der Waals surface area contributed by atoms with Gasteiger partial charge in [-0.1, -0.05) is 20.3 Å². The summed E-state index contributed by atoms with van der Waals surface area (Å²) in [6.07, 6.45) is 6.67. The Balaban J connectivity index is 1.82. The third kappa shape index (κ3) is 3.74. The number of carbonyl (C=O) groups is 1. The number of nitrogens with one attached hydrogen (secondary N) is 1. The van der Waals surface area contributed by atoms with Gasteiger partial charge in [-0.15, -0.1) is 0 Å². The summed E-state index contributed by atoms with van der Waals surface area (Å²) in [4.78, 5) is 18.3. The minimum absolute atomic E-state index is 0.0173. The highest BCUT2D eigenvalue weighted by molar-refractivity contribution is 5.73. The molecule has 0 saturated heterocycles. The van der Waals surface area contributed by atoms with E-state index in [9.17, 15) is 4.79 Å². The van der Waals surface area contributed by atoms with E-state index in [0.29, 0.717) is 12.5 Å². The highest BCUT2D eigenvalue weighted by Crippen LogP contribution is 2.14. The summed E-state index contributed by atoms with van der Waals surface area (Å²) in [6.45, 7) is 6.68. The van der Waals surface area contributed by atoms with Gasteiger partial charge in [0.05, 0.1) is 12.2 Å². The number of carbonyl (C=O) groups excluding carboxylic acids is 1. The Morgan fingerprint density at radius 1 is 1.55 bits per heavy atom. The fraction of sp³-hybridized carbons (Fsp3) is 0.733. The SMILES string of the molecule is CC[C@H](C)CN(C)C(=O)NCc1cn2c(n1)CCCC2. The van der Waals surface area contributed by atoms with Gasteiger partial charge in [-0.05, 0) is 18.8 Å². The van der Waals surface area contributed by atoms with Crippen LogP contribution in [-0.2, 0) is 19.5 Å². The number of hydrogen-bond donors (Lipinski definition) is 1. The molecular weight excluding hydrogens is 252 g/mol. The fourth-order valence-corrected chi connectivity index (χ4v) is 2.54. The predicted octanol–water partition coefficient (Wildman–Crippen LogP) is 2.41. The summed E-state index contributed by atoms with van der Waals surface area (Å²) < 4.78 is 2.22. The first-order valence-corrected chi connectivity index (χ1v) is 7.64. The lowest BCUT2D eigenvalue weighted by Gasteiger charge is -2.20. The van der Waals surface area contributed by atoms with Gasteiger partial charge in [0.25, 0.3) is 0 Å². The molecule has 1 aliphatic heterocycles. The number of fused-ring (bicyclic) bond motifs is 1. The fourth-order valence-electron chi connectivity index (χ4n) is 2.54. The Labute approximate surface area is 121 Å². The van der Waals surface area contributed by atoms with E-state index in [4.69, 9.17) is 0 Å². The Hall–Kier alpha value is -1.52. The maximum Gasteiger partial charge on any atom is 0.317 e. The first-order valence-electron chi connectivity index (χ1n) is 7.64. The van der Waals surface area contributed by atoms with Crippen LogP contribution in [0.25, 0.3) is 0 Å². The van der Waals surface area contributed by atoms with Gasteiger partial charge in [-0.2, -0.15) is 0 Å². The molecule has 0 radical (unpaired) electrons. The van der Waals surface area contributed by atoms with Crippen LogP contribution in [0.5, 0.6) is 0 Å². The lowest BCUT2D eigenvalue weighted by molar-refractivity contribution is 0.201. The number of aromatic nitrogens is 2. The van der Waals surface area contributed by atoms with Gasteiger partial charge in [0, 0.05) is 32.8 Å². The molecule has 1 aromatic rings. The third-order valence-electron chi connectivity index (χ3n) is 4.01. The molecule has 20 heavy (non-hydrogen) atoms. The second kappa shape index (κ2) is 6.77. The van der Waals surface area contributed by atoms with E-state index in [0.717, 1.165) is 37.4 Å². The topological polar surface area (TPSA) is 50.2 Å². The summed E-state index contributed by atoms with van der Waals surface area (Å²) in [7, 11) is 1.85. The van der Waals surface area contributed by atoms with Crippen LogP contribution >= 0.6 is 0 Å². The van der Waals surface area contributed by atoms with E-state index in [2.05, 4.69) is 34.9 Å². The first-order chi connectivity index (χ1) is 9.60. The maximum atomic E-state index is 12.0. The molecule has 2 rings (SSSR count). The summed E-state index contributed by atoms with van der Waals surface area (Å²) >= 11 is 0. The zero-order valence-electron chi connectivity index (χ0n) is 12.9. The molecule has 0 unspecified atom stereocenters. The van der Waals surface area contributed by atoms with Crippen LogP contribution in [0.1, 0.15) is 44.6 Å². The molecule has 1 aliphatic rings. The van der Waals surface area contributed by atoms with Crippen LogP contribution in [0.4, 0.5) is 4.79 Å². The smallest absolute Gasteiger partial charge is 0.317 e. The molecule has 0 aromatic carbocycles. The van der Waals surface area contributed by atoms with Crippen molar-refractivity contribution in [3.05, 3.63) is 17.7 Å². The summed E-state index contributed by atoms with van der Waals surface area (Å²) in [5.41, 5.74) is 0.965. The highest BCUT2D eigenvalue weighted by Gasteiger charge is 2.14. The second-order valence-electron chi connectivity index (χ2n) is 5.85. The number of rotatable bonds is 5. The number of nitrogens with zero attached hydrogens (tertiary/aromatic N) is 3. The van der Waals surface area contributed by atoms with Crippen LogP contribution in [0.15, 0.2) is 6.20 Å². The Morgan fingerprint density at radius 3 is 3.05 bits per heavy atom. The van der Waals surface area contributed by atoms with Gasteiger partial charge in [-0.3, -0.25) is 0 Å². The van der Waals surface area contributed by atoms with E-state index in [1.54, 1.807) is 4.90 Å². The average Bonchev–Trinajstić information content (AvgIpc) is 2.87. The van der Waals surface area contributed by atoms with Crippen molar-refractivity contribution in [1.29, 1.82) is 0 Å². The molecule has 2 amide bonds. The van der Waals surface area contributed by atoms with Crippen molar-refractivity contribution >= 4 is 6.03 Å². The van der Waals surface area contributed by atoms with Crippen LogP contribution in [0.2, 0.25) is 0 Å². The van der Waals surface area contributed by atoms with E-state index in [1.807, 2.05) is 7.05 Å². The normalized spacial score (nSPS) is 15.6. The average molecular weight is 278 g/mol. The monoisotopic (exact) mass is 278 g/mol. The van der Waals surface area contributed by atoms with Crippen LogP contribution < -0.4 is 5.32 Å². The van der Waals surface area contributed by atoms with Crippen molar-refractivity contribution in [1.82, 2.24) is 19.8 Å². The summed E-state index contributed by atoms with van der Waals surface area (Å²) in [6, 6.07) is -0.0173. The Morgan fingerprint density at radius 2 is 2.35 bits per heavy atom. The van der Waals surface area contributed by atoms with E-state index in [-0.39, 0.29) is 6.03 Å². The largest absolute Gasteiger partial charge is 0.335 e. The lowest BCUT2D eigenvalue weighted by atomic mass is 10.1. The Kier molecular flexibility index (Phi) is 5.04. The molecule has 0 spiro atoms. The molecule has 2 heterocycles. The van der Waals surface area contributed by atoms with Crippen molar-refractivity contribution in [3.63, 3.8) is 0 Å².